The van der Waals surface area contributed by atoms with Crippen LogP contribution in [-0.2, 0) is 12.8 Å². The van der Waals surface area contributed by atoms with Gasteiger partial charge in [0.25, 0.3) is 0 Å². The largest absolute Gasteiger partial charge is 0.490 e. The van der Waals surface area contributed by atoms with E-state index < -0.39 is 0 Å². The zero-order chi connectivity index (χ0) is 17.9. The summed E-state index contributed by atoms with van der Waals surface area (Å²) in [5.41, 5.74) is 2.93. The lowest BCUT2D eigenvalue weighted by Gasteiger charge is -2.20. The van der Waals surface area contributed by atoms with Crippen molar-refractivity contribution in [3.05, 3.63) is 59.3 Å². The molecule has 5 heteroatoms. The number of fused-ring (bicyclic) bond motifs is 2. The third-order valence-electron chi connectivity index (χ3n) is 4.76. The van der Waals surface area contributed by atoms with Gasteiger partial charge in [0.15, 0.2) is 11.5 Å². The highest BCUT2D eigenvalue weighted by atomic mass is 19.1. The van der Waals surface area contributed by atoms with Gasteiger partial charge in [-0.05, 0) is 61.9 Å². The van der Waals surface area contributed by atoms with Crippen molar-refractivity contribution in [1.29, 1.82) is 0 Å². The number of aryl methyl sites for hydroxylation is 2. The maximum Gasteiger partial charge on any atom is 0.164 e. The van der Waals surface area contributed by atoms with Crippen LogP contribution < -0.4 is 9.47 Å². The highest BCUT2D eigenvalue weighted by molar-refractivity contribution is 5.83. The molecule has 2 heterocycles. The van der Waals surface area contributed by atoms with Gasteiger partial charge in [0.05, 0.1) is 13.2 Å². The molecule has 1 aliphatic rings. The molecule has 0 amide bonds. The minimum atomic E-state index is -0.287. The lowest BCUT2D eigenvalue weighted by molar-refractivity contribution is 0.246. The van der Waals surface area contributed by atoms with E-state index in [2.05, 4.69) is 4.98 Å². The fourth-order valence-electron chi connectivity index (χ4n) is 3.47. The summed E-state index contributed by atoms with van der Waals surface area (Å²) in [7, 11) is 0. The summed E-state index contributed by atoms with van der Waals surface area (Å²) in [5.74, 6) is 0.668. The number of nitrogens with one attached hydrogen (secondary N) is 1. The molecule has 136 valence electrons. The normalized spacial score (nSPS) is 13.5. The summed E-state index contributed by atoms with van der Waals surface area (Å²) in [5, 5.41) is 0.929. The number of unbranched alkanes of at least 4 members (excludes halogenated alkanes) is 1. The van der Waals surface area contributed by atoms with Gasteiger partial charge in [-0.2, -0.15) is 0 Å². The number of rotatable bonds is 6. The van der Waals surface area contributed by atoms with Gasteiger partial charge in [0, 0.05) is 28.7 Å². The quantitative estimate of drug-likeness (QED) is 0.617. The lowest BCUT2D eigenvalue weighted by atomic mass is 10.1. The van der Waals surface area contributed by atoms with Gasteiger partial charge in [-0.15, -0.1) is 0 Å². The van der Waals surface area contributed by atoms with E-state index in [1.165, 1.54) is 18.2 Å². The molecule has 1 aliphatic heterocycles. The molecule has 0 fully saturated rings. The van der Waals surface area contributed by atoms with Crippen LogP contribution in [0.25, 0.3) is 10.9 Å². The molecule has 2 aromatic carbocycles. The lowest BCUT2D eigenvalue weighted by Crippen LogP contribution is -2.11. The number of aromatic amines is 1. The van der Waals surface area contributed by atoms with Crippen LogP contribution in [0.5, 0.6) is 11.5 Å². The van der Waals surface area contributed by atoms with Crippen LogP contribution in [-0.4, -0.2) is 18.2 Å². The second-order valence-corrected chi connectivity index (χ2v) is 6.65. The smallest absolute Gasteiger partial charge is 0.164 e. The Kier molecular flexibility index (Phi) is 4.78. The minimum Gasteiger partial charge on any atom is -0.490 e. The van der Waals surface area contributed by atoms with Gasteiger partial charge < -0.3 is 14.5 Å². The van der Waals surface area contributed by atoms with Crippen molar-refractivity contribution in [2.45, 2.75) is 32.1 Å². The van der Waals surface area contributed by atoms with Gasteiger partial charge in [-0.3, -0.25) is 0 Å². The molecule has 0 atom stereocenters. The SMILES string of the molecule is Fc1cc2c(c(OCCCCc3c[nH]c4ccc(F)cc34)c1)OCCC2. The van der Waals surface area contributed by atoms with Crippen LogP contribution in [0.4, 0.5) is 8.78 Å². The third-order valence-corrected chi connectivity index (χ3v) is 4.76. The molecule has 1 N–H and O–H groups in total. The van der Waals surface area contributed by atoms with Crippen molar-refractivity contribution in [3.8, 4) is 11.5 Å². The predicted octanol–water partition coefficient (Wildman–Crippen LogP) is 5.17. The Labute approximate surface area is 150 Å². The Hall–Kier alpha value is -2.56. The van der Waals surface area contributed by atoms with Crippen LogP contribution in [0, 0.1) is 11.6 Å². The zero-order valence-electron chi connectivity index (χ0n) is 14.5. The first-order chi connectivity index (χ1) is 12.7. The molecule has 0 radical (unpaired) electrons. The highest BCUT2D eigenvalue weighted by Crippen LogP contribution is 2.36. The van der Waals surface area contributed by atoms with Crippen molar-refractivity contribution in [1.82, 2.24) is 4.98 Å². The van der Waals surface area contributed by atoms with Crippen LogP contribution in [0.1, 0.15) is 30.4 Å². The summed E-state index contributed by atoms with van der Waals surface area (Å²) in [6, 6.07) is 7.70. The average Bonchev–Trinajstić information content (AvgIpc) is 3.03. The van der Waals surface area contributed by atoms with Crippen LogP contribution in [0.15, 0.2) is 36.5 Å². The second kappa shape index (κ2) is 7.36. The molecule has 0 spiro atoms. The van der Waals surface area contributed by atoms with Gasteiger partial charge in [-0.25, -0.2) is 8.78 Å². The molecule has 0 unspecified atom stereocenters. The number of hydrogen-bond donors (Lipinski definition) is 1. The molecule has 4 rings (SSSR count). The van der Waals surface area contributed by atoms with Crippen molar-refractivity contribution in [3.63, 3.8) is 0 Å². The second-order valence-electron chi connectivity index (χ2n) is 6.65. The monoisotopic (exact) mass is 357 g/mol. The van der Waals surface area contributed by atoms with Gasteiger partial charge in [0.2, 0.25) is 0 Å². The summed E-state index contributed by atoms with van der Waals surface area (Å²) >= 11 is 0. The summed E-state index contributed by atoms with van der Waals surface area (Å²) < 4.78 is 38.6. The van der Waals surface area contributed by atoms with Crippen LogP contribution in [0.3, 0.4) is 0 Å². The molecule has 0 saturated carbocycles. The van der Waals surface area contributed by atoms with Crippen molar-refractivity contribution in [2.75, 3.05) is 13.2 Å². The number of hydrogen-bond acceptors (Lipinski definition) is 2. The van der Waals surface area contributed by atoms with E-state index in [4.69, 9.17) is 9.47 Å². The van der Waals surface area contributed by atoms with E-state index in [1.54, 1.807) is 12.1 Å². The topological polar surface area (TPSA) is 34.2 Å². The van der Waals surface area contributed by atoms with E-state index in [9.17, 15) is 8.78 Å². The molecule has 1 aromatic heterocycles. The minimum absolute atomic E-state index is 0.224. The van der Waals surface area contributed by atoms with E-state index in [0.717, 1.165) is 54.1 Å². The van der Waals surface area contributed by atoms with Crippen molar-refractivity contribution in [2.24, 2.45) is 0 Å². The van der Waals surface area contributed by atoms with E-state index >= 15 is 0 Å². The van der Waals surface area contributed by atoms with Crippen molar-refractivity contribution >= 4 is 10.9 Å². The Bertz CT molecular complexity index is 920. The predicted molar refractivity (Wildman–Crippen MR) is 96.9 cm³/mol. The van der Waals surface area contributed by atoms with E-state index in [0.29, 0.717) is 24.7 Å². The Morgan fingerprint density at radius 1 is 1.08 bits per heavy atom. The fraction of sp³-hybridized carbons (Fsp3) is 0.333. The molecule has 3 nitrogen and oxygen atoms in total. The van der Waals surface area contributed by atoms with Gasteiger partial charge in [0.1, 0.15) is 11.6 Å². The zero-order valence-corrected chi connectivity index (χ0v) is 14.5. The molecular weight excluding hydrogens is 336 g/mol. The fourth-order valence-corrected chi connectivity index (χ4v) is 3.47. The highest BCUT2D eigenvalue weighted by Gasteiger charge is 2.17. The standard InChI is InChI=1S/C21H21F2NO2/c22-16-6-7-19-18(11-16)15(13-24-19)4-1-2-8-25-20-12-17(23)10-14-5-3-9-26-21(14)20/h6-7,10-13,24H,1-5,8-9H2. The number of benzene rings is 2. The molecule has 26 heavy (non-hydrogen) atoms. The van der Waals surface area contributed by atoms with Crippen LogP contribution >= 0.6 is 0 Å². The molecule has 3 aromatic rings. The average molecular weight is 357 g/mol. The number of aromatic nitrogens is 1. The number of halogens is 2. The molecular formula is C21H21F2NO2. The Morgan fingerprint density at radius 3 is 2.92 bits per heavy atom. The Balaban J connectivity index is 1.33. The molecule has 0 saturated heterocycles. The summed E-state index contributed by atoms with van der Waals surface area (Å²) in [6.07, 6.45) is 6.23. The number of H-pyrrole nitrogens is 1. The maximum absolute atomic E-state index is 13.7. The first-order valence-electron chi connectivity index (χ1n) is 9.04. The third kappa shape index (κ3) is 3.52. The summed E-state index contributed by atoms with van der Waals surface area (Å²) in [6.45, 7) is 1.14. The van der Waals surface area contributed by atoms with E-state index in [-0.39, 0.29) is 11.6 Å². The van der Waals surface area contributed by atoms with Crippen LogP contribution in [0.2, 0.25) is 0 Å². The van der Waals surface area contributed by atoms with Crippen molar-refractivity contribution < 1.29 is 18.3 Å². The maximum atomic E-state index is 13.7. The number of ether oxygens (including phenoxy) is 2. The van der Waals surface area contributed by atoms with Gasteiger partial charge >= 0.3 is 0 Å². The van der Waals surface area contributed by atoms with E-state index in [1.807, 2.05) is 6.20 Å². The Morgan fingerprint density at radius 2 is 2.00 bits per heavy atom. The molecule has 0 bridgehead atoms. The molecule has 0 aliphatic carbocycles. The first-order valence-corrected chi connectivity index (χ1v) is 9.04. The van der Waals surface area contributed by atoms with Gasteiger partial charge in [-0.1, -0.05) is 0 Å². The first kappa shape index (κ1) is 16.9. The summed E-state index contributed by atoms with van der Waals surface area (Å²) in [4.78, 5) is 3.17.